The maximum absolute atomic E-state index is 11.7. The van der Waals surface area contributed by atoms with Crippen LogP contribution in [0.5, 0.6) is 0 Å². The van der Waals surface area contributed by atoms with Crippen molar-refractivity contribution in [1.82, 2.24) is 5.32 Å². The van der Waals surface area contributed by atoms with Crippen molar-refractivity contribution in [2.75, 3.05) is 13.7 Å². The van der Waals surface area contributed by atoms with E-state index in [2.05, 4.69) is 23.5 Å². The normalized spacial score (nSPS) is 19.2. The summed E-state index contributed by atoms with van der Waals surface area (Å²) in [4.78, 5) is 11.7. The van der Waals surface area contributed by atoms with E-state index in [0.717, 1.165) is 24.8 Å². The Labute approximate surface area is 120 Å². The molecule has 0 fully saturated rings. The number of hydrogen-bond acceptors (Lipinski definition) is 3. The summed E-state index contributed by atoms with van der Waals surface area (Å²) in [6.07, 6.45) is 3.72. The molecule has 1 aliphatic carbocycles. The lowest BCUT2D eigenvalue weighted by Crippen LogP contribution is -2.30. The lowest BCUT2D eigenvalue weighted by molar-refractivity contribution is -0.121. The highest BCUT2D eigenvalue weighted by Crippen LogP contribution is 2.31. The minimum absolute atomic E-state index is 0.106. The Morgan fingerprint density at radius 2 is 2.35 bits per heavy atom. The molecule has 1 amide bonds. The largest absolute Gasteiger partial charge is 0.383 e. The first kappa shape index (κ1) is 15.0. The Kier molecular flexibility index (Phi) is 5.15. The predicted octanol–water partition coefficient (Wildman–Crippen LogP) is 2.24. The number of fused-ring (bicyclic) bond motifs is 1. The summed E-state index contributed by atoms with van der Waals surface area (Å²) in [5.74, 6) is 0.106. The molecule has 0 aliphatic heterocycles. The van der Waals surface area contributed by atoms with Crippen molar-refractivity contribution in [3.05, 3.63) is 34.9 Å². The van der Waals surface area contributed by atoms with Gasteiger partial charge in [-0.3, -0.25) is 4.79 Å². The molecular weight excluding hydrogens is 252 g/mol. The van der Waals surface area contributed by atoms with Gasteiger partial charge in [-0.1, -0.05) is 25.1 Å². The Hall–Kier alpha value is -1.39. The summed E-state index contributed by atoms with van der Waals surface area (Å²) < 4.78 is 5.12. The summed E-state index contributed by atoms with van der Waals surface area (Å²) >= 11 is 0. The molecule has 2 atom stereocenters. The zero-order valence-electron chi connectivity index (χ0n) is 12.3. The number of hydrogen-bond donors (Lipinski definition) is 2. The highest BCUT2D eigenvalue weighted by molar-refractivity contribution is 5.76. The molecule has 1 aromatic carbocycles. The topological polar surface area (TPSA) is 64.4 Å². The van der Waals surface area contributed by atoms with E-state index < -0.39 is 0 Å². The summed E-state index contributed by atoms with van der Waals surface area (Å²) in [5, 5.41) is 3.11. The van der Waals surface area contributed by atoms with Gasteiger partial charge in [0.05, 0.1) is 18.7 Å². The number of carbonyl (C=O) groups excluding carboxylic acids is 1. The first-order valence-electron chi connectivity index (χ1n) is 7.32. The zero-order valence-corrected chi connectivity index (χ0v) is 12.3. The molecule has 0 bridgehead atoms. The van der Waals surface area contributed by atoms with Gasteiger partial charge in [-0.15, -0.1) is 0 Å². The van der Waals surface area contributed by atoms with Crippen LogP contribution in [0.4, 0.5) is 0 Å². The van der Waals surface area contributed by atoms with Crippen molar-refractivity contribution in [2.45, 2.75) is 44.7 Å². The summed E-state index contributed by atoms with van der Waals surface area (Å²) in [6.45, 7) is 2.38. The summed E-state index contributed by atoms with van der Waals surface area (Å²) in [5.41, 5.74) is 9.72. The first-order valence-corrected chi connectivity index (χ1v) is 7.32. The highest BCUT2D eigenvalue weighted by Gasteiger charge is 2.22. The number of benzene rings is 1. The first-order chi connectivity index (χ1) is 9.65. The van der Waals surface area contributed by atoms with E-state index >= 15 is 0 Å². The van der Waals surface area contributed by atoms with Crippen LogP contribution in [0, 0.1) is 0 Å². The molecule has 0 radical (unpaired) electrons. The third-order valence-electron chi connectivity index (χ3n) is 3.91. The molecule has 2 rings (SSSR count). The molecule has 0 aromatic heterocycles. The van der Waals surface area contributed by atoms with Crippen LogP contribution in [0.2, 0.25) is 0 Å². The van der Waals surface area contributed by atoms with Gasteiger partial charge in [0, 0.05) is 13.5 Å². The third-order valence-corrected chi connectivity index (χ3v) is 3.91. The Morgan fingerprint density at radius 1 is 1.55 bits per heavy atom. The van der Waals surface area contributed by atoms with Crippen LogP contribution in [-0.2, 0) is 16.0 Å². The van der Waals surface area contributed by atoms with E-state index in [1.54, 1.807) is 7.11 Å². The fourth-order valence-electron chi connectivity index (χ4n) is 2.77. The number of rotatable bonds is 5. The lowest BCUT2D eigenvalue weighted by Gasteiger charge is -2.27. The van der Waals surface area contributed by atoms with Crippen LogP contribution in [0.25, 0.3) is 0 Å². The third kappa shape index (κ3) is 3.38. The van der Waals surface area contributed by atoms with Crippen molar-refractivity contribution in [3.8, 4) is 0 Å². The second kappa shape index (κ2) is 6.86. The summed E-state index contributed by atoms with van der Waals surface area (Å²) in [6, 6.07) is 6.37. The molecule has 20 heavy (non-hydrogen) atoms. The van der Waals surface area contributed by atoms with Crippen LogP contribution < -0.4 is 11.1 Å². The van der Waals surface area contributed by atoms with Gasteiger partial charge >= 0.3 is 0 Å². The van der Waals surface area contributed by atoms with E-state index in [1.165, 1.54) is 11.1 Å². The molecule has 0 spiro atoms. The minimum Gasteiger partial charge on any atom is -0.383 e. The highest BCUT2D eigenvalue weighted by atomic mass is 16.5. The SMILES string of the molecule is CCC(=O)NC1CCCc2ccc(C(N)COC)cc21. The number of carbonyl (C=O) groups is 1. The zero-order chi connectivity index (χ0) is 14.5. The summed E-state index contributed by atoms with van der Waals surface area (Å²) in [7, 11) is 1.66. The molecule has 110 valence electrons. The second-order valence-electron chi connectivity index (χ2n) is 5.39. The molecule has 0 saturated carbocycles. The predicted molar refractivity (Wildman–Crippen MR) is 79.4 cm³/mol. The van der Waals surface area contributed by atoms with Gasteiger partial charge in [-0.2, -0.15) is 0 Å². The van der Waals surface area contributed by atoms with Gasteiger partial charge in [0.25, 0.3) is 0 Å². The molecule has 1 aliphatic rings. The molecule has 0 saturated heterocycles. The quantitative estimate of drug-likeness (QED) is 0.867. The fraction of sp³-hybridized carbons (Fsp3) is 0.562. The van der Waals surface area contributed by atoms with E-state index in [1.807, 2.05) is 6.92 Å². The van der Waals surface area contributed by atoms with Gasteiger partial charge in [-0.25, -0.2) is 0 Å². The minimum atomic E-state index is -0.116. The second-order valence-corrected chi connectivity index (χ2v) is 5.39. The standard InChI is InChI=1S/C16H24N2O2/c1-3-16(19)18-15-6-4-5-11-7-8-12(9-13(11)15)14(17)10-20-2/h7-9,14-15H,3-6,10,17H2,1-2H3,(H,18,19). The van der Waals surface area contributed by atoms with Gasteiger partial charge in [0.2, 0.25) is 5.91 Å². The maximum Gasteiger partial charge on any atom is 0.220 e. The van der Waals surface area contributed by atoms with E-state index in [0.29, 0.717) is 13.0 Å². The van der Waals surface area contributed by atoms with Crippen molar-refractivity contribution in [3.63, 3.8) is 0 Å². The van der Waals surface area contributed by atoms with Crippen LogP contribution in [0.1, 0.15) is 55.0 Å². The van der Waals surface area contributed by atoms with Crippen LogP contribution in [0.3, 0.4) is 0 Å². The Morgan fingerprint density at radius 3 is 3.05 bits per heavy atom. The molecule has 1 aromatic rings. The average Bonchev–Trinajstić information content (AvgIpc) is 2.47. The van der Waals surface area contributed by atoms with Crippen molar-refractivity contribution < 1.29 is 9.53 Å². The Bertz CT molecular complexity index is 474. The molecule has 2 unspecified atom stereocenters. The van der Waals surface area contributed by atoms with Crippen molar-refractivity contribution in [1.29, 1.82) is 0 Å². The van der Waals surface area contributed by atoms with E-state index in [4.69, 9.17) is 10.5 Å². The molecule has 3 N–H and O–H groups in total. The van der Waals surface area contributed by atoms with E-state index in [-0.39, 0.29) is 18.0 Å². The van der Waals surface area contributed by atoms with Crippen molar-refractivity contribution >= 4 is 5.91 Å². The maximum atomic E-state index is 11.7. The van der Waals surface area contributed by atoms with E-state index in [9.17, 15) is 4.79 Å². The molecule has 4 nitrogen and oxygen atoms in total. The number of aryl methyl sites for hydroxylation is 1. The fourth-order valence-corrected chi connectivity index (χ4v) is 2.77. The number of nitrogens with two attached hydrogens (primary N) is 1. The number of methoxy groups -OCH3 is 1. The lowest BCUT2D eigenvalue weighted by atomic mass is 9.85. The number of ether oxygens (including phenoxy) is 1. The average molecular weight is 276 g/mol. The smallest absolute Gasteiger partial charge is 0.220 e. The van der Waals surface area contributed by atoms with Crippen LogP contribution in [0.15, 0.2) is 18.2 Å². The molecule has 4 heteroatoms. The number of nitrogens with one attached hydrogen (secondary N) is 1. The van der Waals surface area contributed by atoms with Crippen molar-refractivity contribution in [2.24, 2.45) is 5.73 Å². The molecular formula is C16H24N2O2. The monoisotopic (exact) mass is 276 g/mol. The van der Waals surface area contributed by atoms with Crippen LogP contribution in [-0.4, -0.2) is 19.6 Å². The van der Waals surface area contributed by atoms with Gasteiger partial charge in [0.15, 0.2) is 0 Å². The Balaban J connectivity index is 2.24. The number of amides is 1. The van der Waals surface area contributed by atoms with Gasteiger partial charge in [-0.05, 0) is 36.0 Å². The molecule has 0 heterocycles. The van der Waals surface area contributed by atoms with Crippen LogP contribution >= 0.6 is 0 Å². The van der Waals surface area contributed by atoms with Gasteiger partial charge in [0.1, 0.15) is 0 Å². The van der Waals surface area contributed by atoms with Gasteiger partial charge < -0.3 is 15.8 Å².